The van der Waals surface area contributed by atoms with Crippen LogP contribution in [0.2, 0.25) is 0 Å². The first kappa shape index (κ1) is 16.9. The second-order valence-corrected chi connectivity index (χ2v) is 6.81. The van der Waals surface area contributed by atoms with Gasteiger partial charge >= 0.3 is 0 Å². The Morgan fingerprint density at radius 1 is 0.423 bits per heavy atom. The summed E-state index contributed by atoms with van der Waals surface area (Å²) < 4.78 is 0. The standard InChI is InChI=1S/C22H16N2S2/c25-21-13-3-1-7-15(21)17-9-5-11-19(23-17)20-12-6-10-18(24-20)16-8-2-4-14-22(16)26/h1-14,25-26H. The van der Waals surface area contributed by atoms with E-state index in [1.54, 1.807) is 0 Å². The Balaban J connectivity index is 1.78. The molecule has 2 heterocycles. The van der Waals surface area contributed by atoms with Crippen molar-refractivity contribution in [3.05, 3.63) is 84.9 Å². The quantitative estimate of drug-likeness (QED) is 0.428. The molecule has 0 N–H and O–H groups in total. The van der Waals surface area contributed by atoms with Crippen molar-refractivity contribution in [2.24, 2.45) is 0 Å². The van der Waals surface area contributed by atoms with Crippen LogP contribution in [0.1, 0.15) is 0 Å². The number of nitrogens with zero attached hydrogens (tertiary/aromatic N) is 2. The number of hydrogen-bond donors (Lipinski definition) is 2. The lowest BCUT2D eigenvalue weighted by molar-refractivity contribution is 1.23. The Morgan fingerprint density at radius 2 is 0.808 bits per heavy atom. The molecule has 0 atom stereocenters. The minimum atomic E-state index is 0.831. The Hall–Kier alpha value is -2.56. The van der Waals surface area contributed by atoms with Crippen LogP contribution in [0.5, 0.6) is 0 Å². The lowest BCUT2D eigenvalue weighted by Crippen LogP contribution is -1.93. The summed E-state index contributed by atoms with van der Waals surface area (Å²) in [6.45, 7) is 0. The largest absolute Gasteiger partial charge is 0.246 e. The summed E-state index contributed by atoms with van der Waals surface area (Å²) >= 11 is 9.08. The van der Waals surface area contributed by atoms with Gasteiger partial charge in [0.1, 0.15) is 0 Å². The van der Waals surface area contributed by atoms with Crippen LogP contribution in [0.25, 0.3) is 33.9 Å². The van der Waals surface area contributed by atoms with Gasteiger partial charge in [-0.3, -0.25) is 0 Å². The highest BCUT2D eigenvalue weighted by atomic mass is 32.1. The molecular weight excluding hydrogens is 356 g/mol. The number of hydrogen-bond acceptors (Lipinski definition) is 4. The van der Waals surface area contributed by atoms with Crippen LogP contribution in [0.4, 0.5) is 0 Å². The zero-order chi connectivity index (χ0) is 17.9. The van der Waals surface area contributed by atoms with E-state index in [1.165, 1.54) is 0 Å². The van der Waals surface area contributed by atoms with Crippen molar-refractivity contribution < 1.29 is 0 Å². The van der Waals surface area contributed by atoms with E-state index >= 15 is 0 Å². The van der Waals surface area contributed by atoms with Gasteiger partial charge in [-0.2, -0.15) is 0 Å². The number of rotatable bonds is 3. The summed E-state index contributed by atoms with van der Waals surface area (Å²) in [7, 11) is 0. The number of pyridine rings is 2. The zero-order valence-corrected chi connectivity index (χ0v) is 15.7. The zero-order valence-electron chi connectivity index (χ0n) is 13.9. The lowest BCUT2D eigenvalue weighted by Gasteiger charge is -2.09. The fourth-order valence-electron chi connectivity index (χ4n) is 2.84. The van der Waals surface area contributed by atoms with Crippen LogP contribution in [0.3, 0.4) is 0 Å². The van der Waals surface area contributed by atoms with E-state index in [4.69, 9.17) is 9.97 Å². The molecule has 0 bridgehead atoms. The maximum Gasteiger partial charge on any atom is 0.0893 e. The van der Waals surface area contributed by atoms with Gasteiger partial charge in [0, 0.05) is 20.9 Å². The summed E-state index contributed by atoms with van der Waals surface area (Å²) in [5.41, 5.74) is 5.45. The molecule has 0 fully saturated rings. The predicted molar refractivity (Wildman–Crippen MR) is 113 cm³/mol. The molecule has 2 aromatic carbocycles. The molecule has 0 aliphatic carbocycles. The highest BCUT2D eigenvalue weighted by Gasteiger charge is 2.09. The van der Waals surface area contributed by atoms with E-state index in [9.17, 15) is 0 Å². The minimum Gasteiger partial charge on any atom is -0.246 e. The van der Waals surface area contributed by atoms with Gasteiger partial charge in [0.25, 0.3) is 0 Å². The summed E-state index contributed by atoms with van der Waals surface area (Å²) in [5, 5.41) is 0. The normalized spacial score (nSPS) is 10.7. The lowest BCUT2D eigenvalue weighted by atomic mass is 10.1. The fourth-order valence-corrected chi connectivity index (χ4v) is 3.39. The Kier molecular flexibility index (Phi) is 4.78. The van der Waals surface area contributed by atoms with Crippen LogP contribution in [0, 0.1) is 0 Å². The van der Waals surface area contributed by atoms with Crippen LogP contribution in [-0.4, -0.2) is 9.97 Å². The first-order chi connectivity index (χ1) is 12.7. The molecule has 0 saturated heterocycles. The van der Waals surface area contributed by atoms with Crippen molar-refractivity contribution in [1.82, 2.24) is 9.97 Å². The van der Waals surface area contributed by atoms with Crippen LogP contribution >= 0.6 is 25.3 Å². The third-order valence-corrected chi connectivity index (χ3v) is 4.90. The van der Waals surface area contributed by atoms with Crippen molar-refractivity contribution in [2.45, 2.75) is 9.79 Å². The molecule has 26 heavy (non-hydrogen) atoms. The van der Waals surface area contributed by atoms with E-state index in [0.717, 1.165) is 43.7 Å². The number of thiol groups is 2. The van der Waals surface area contributed by atoms with Gasteiger partial charge in [-0.25, -0.2) is 9.97 Å². The highest BCUT2D eigenvalue weighted by molar-refractivity contribution is 7.80. The van der Waals surface area contributed by atoms with E-state index in [0.29, 0.717) is 0 Å². The maximum atomic E-state index is 4.80. The van der Waals surface area contributed by atoms with Gasteiger partial charge in [-0.1, -0.05) is 48.5 Å². The molecule has 4 aromatic rings. The van der Waals surface area contributed by atoms with Gasteiger partial charge in [0.05, 0.1) is 22.8 Å². The summed E-state index contributed by atoms with van der Waals surface area (Å²) in [6, 6.07) is 27.8. The van der Waals surface area contributed by atoms with Crippen molar-refractivity contribution in [2.75, 3.05) is 0 Å². The van der Waals surface area contributed by atoms with E-state index in [-0.39, 0.29) is 0 Å². The van der Waals surface area contributed by atoms with Gasteiger partial charge in [0.15, 0.2) is 0 Å². The molecule has 2 aromatic heterocycles. The molecule has 0 amide bonds. The second-order valence-electron chi connectivity index (χ2n) is 5.85. The maximum absolute atomic E-state index is 4.80. The average molecular weight is 373 g/mol. The topological polar surface area (TPSA) is 25.8 Å². The average Bonchev–Trinajstić information content (AvgIpc) is 2.69. The third-order valence-electron chi connectivity index (χ3n) is 4.12. The molecule has 0 aliphatic heterocycles. The van der Waals surface area contributed by atoms with Crippen molar-refractivity contribution in [3.63, 3.8) is 0 Å². The first-order valence-corrected chi connectivity index (χ1v) is 9.13. The van der Waals surface area contributed by atoms with Crippen molar-refractivity contribution >= 4 is 25.3 Å². The van der Waals surface area contributed by atoms with Gasteiger partial charge in [-0.15, -0.1) is 25.3 Å². The third kappa shape index (κ3) is 3.39. The van der Waals surface area contributed by atoms with Crippen LogP contribution < -0.4 is 0 Å². The summed E-state index contributed by atoms with van der Waals surface area (Å²) in [5.74, 6) is 0. The number of benzene rings is 2. The smallest absolute Gasteiger partial charge is 0.0893 e. The SMILES string of the molecule is Sc1ccccc1-c1cccc(-c2cccc(-c3ccccc3S)n2)n1. The van der Waals surface area contributed by atoms with Gasteiger partial charge < -0.3 is 0 Å². The summed E-state index contributed by atoms with van der Waals surface area (Å²) in [4.78, 5) is 11.4. The Morgan fingerprint density at radius 3 is 1.23 bits per heavy atom. The molecular formula is C22H16N2S2. The van der Waals surface area contributed by atoms with Gasteiger partial charge in [-0.05, 0) is 36.4 Å². The van der Waals surface area contributed by atoms with Gasteiger partial charge in [0.2, 0.25) is 0 Å². The fraction of sp³-hybridized carbons (Fsp3) is 0. The first-order valence-electron chi connectivity index (χ1n) is 8.23. The van der Waals surface area contributed by atoms with Crippen LogP contribution in [0.15, 0.2) is 94.7 Å². The molecule has 4 heteroatoms. The van der Waals surface area contributed by atoms with E-state index in [1.807, 2.05) is 84.9 Å². The van der Waals surface area contributed by atoms with Crippen molar-refractivity contribution in [3.8, 4) is 33.9 Å². The number of aromatic nitrogens is 2. The van der Waals surface area contributed by atoms with Crippen LogP contribution in [-0.2, 0) is 0 Å². The van der Waals surface area contributed by atoms with E-state index in [2.05, 4.69) is 25.3 Å². The van der Waals surface area contributed by atoms with Crippen molar-refractivity contribution in [1.29, 1.82) is 0 Å². The molecule has 126 valence electrons. The summed E-state index contributed by atoms with van der Waals surface area (Å²) in [6.07, 6.45) is 0. The van der Waals surface area contributed by atoms with E-state index < -0.39 is 0 Å². The molecule has 0 unspecified atom stereocenters. The molecule has 2 nitrogen and oxygen atoms in total. The molecule has 0 saturated carbocycles. The monoisotopic (exact) mass is 372 g/mol. The second kappa shape index (κ2) is 7.36. The Labute approximate surface area is 163 Å². The predicted octanol–water partition coefficient (Wildman–Crippen LogP) is 6.06. The Bertz CT molecular complexity index is 990. The molecule has 0 aliphatic rings. The highest BCUT2D eigenvalue weighted by Crippen LogP contribution is 2.29. The molecule has 0 radical (unpaired) electrons. The minimum absolute atomic E-state index is 0.831. The molecule has 0 spiro atoms. The molecule has 4 rings (SSSR count).